The zero-order valence-electron chi connectivity index (χ0n) is 10.5. The highest BCUT2D eigenvalue weighted by Gasteiger charge is 2.16. The summed E-state index contributed by atoms with van der Waals surface area (Å²) in [5.41, 5.74) is -0.352. The molecule has 0 aliphatic rings. The van der Waals surface area contributed by atoms with E-state index in [4.69, 9.17) is 5.11 Å². The standard InChI is InChI=1S/C14H10F3NO3/c15-10-7-8(19)5-6-11(10)18-13(20)9-3-1-2-4-12(9)21-14(16)17/h1-7,14,19H,(H,18,20). The van der Waals surface area contributed by atoms with Crippen LogP contribution < -0.4 is 10.1 Å². The number of aromatic hydroxyl groups is 1. The highest BCUT2D eigenvalue weighted by molar-refractivity contribution is 6.06. The van der Waals surface area contributed by atoms with E-state index in [1.165, 1.54) is 30.3 Å². The van der Waals surface area contributed by atoms with Crippen molar-refractivity contribution in [2.75, 3.05) is 5.32 Å². The number of ether oxygens (including phenoxy) is 1. The maximum atomic E-state index is 13.5. The molecule has 0 saturated carbocycles. The van der Waals surface area contributed by atoms with Gasteiger partial charge in [-0.1, -0.05) is 12.1 Å². The molecule has 2 aromatic carbocycles. The monoisotopic (exact) mass is 297 g/mol. The second-order valence-electron chi connectivity index (χ2n) is 3.99. The minimum atomic E-state index is -3.08. The summed E-state index contributed by atoms with van der Waals surface area (Å²) in [4.78, 5) is 12.0. The van der Waals surface area contributed by atoms with E-state index in [1.807, 2.05) is 0 Å². The van der Waals surface area contributed by atoms with E-state index >= 15 is 0 Å². The van der Waals surface area contributed by atoms with Crippen LogP contribution in [0.15, 0.2) is 42.5 Å². The van der Waals surface area contributed by atoms with Crippen molar-refractivity contribution in [2.24, 2.45) is 0 Å². The van der Waals surface area contributed by atoms with Gasteiger partial charge in [-0.05, 0) is 24.3 Å². The Labute approximate surface area is 117 Å². The predicted molar refractivity (Wildman–Crippen MR) is 69.1 cm³/mol. The number of hydrogen-bond acceptors (Lipinski definition) is 3. The minimum absolute atomic E-state index is 0.162. The smallest absolute Gasteiger partial charge is 0.387 e. The summed E-state index contributed by atoms with van der Waals surface area (Å²) in [5, 5.41) is 11.3. The van der Waals surface area contributed by atoms with Crippen LogP contribution in [0, 0.1) is 5.82 Å². The second kappa shape index (κ2) is 6.17. The van der Waals surface area contributed by atoms with Gasteiger partial charge in [0.05, 0.1) is 11.3 Å². The van der Waals surface area contributed by atoms with Gasteiger partial charge in [0.15, 0.2) is 0 Å². The third-order valence-corrected chi connectivity index (χ3v) is 2.55. The van der Waals surface area contributed by atoms with Crippen LogP contribution in [0.5, 0.6) is 11.5 Å². The summed E-state index contributed by atoms with van der Waals surface area (Å²) in [5.74, 6) is -2.28. The van der Waals surface area contributed by atoms with E-state index in [1.54, 1.807) is 0 Å². The van der Waals surface area contributed by atoms with Gasteiger partial charge in [-0.2, -0.15) is 8.78 Å². The molecule has 1 amide bonds. The average molecular weight is 297 g/mol. The molecular weight excluding hydrogens is 287 g/mol. The Kier molecular flexibility index (Phi) is 4.32. The summed E-state index contributed by atoms with van der Waals surface area (Å²) in [6, 6.07) is 8.51. The van der Waals surface area contributed by atoms with E-state index < -0.39 is 18.3 Å². The molecule has 0 heterocycles. The molecule has 0 aromatic heterocycles. The molecule has 2 rings (SSSR count). The van der Waals surface area contributed by atoms with Crippen LogP contribution in [0.2, 0.25) is 0 Å². The molecule has 0 spiro atoms. The van der Waals surface area contributed by atoms with Crippen LogP contribution in [0.25, 0.3) is 0 Å². The van der Waals surface area contributed by atoms with Crippen molar-refractivity contribution in [3.8, 4) is 11.5 Å². The first kappa shape index (κ1) is 14.7. The van der Waals surface area contributed by atoms with E-state index in [0.29, 0.717) is 0 Å². The third kappa shape index (κ3) is 3.65. The van der Waals surface area contributed by atoms with Gasteiger partial charge in [0, 0.05) is 6.07 Å². The van der Waals surface area contributed by atoms with Gasteiger partial charge in [0.1, 0.15) is 17.3 Å². The molecule has 2 N–H and O–H groups in total. The van der Waals surface area contributed by atoms with Crippen molar-refractivity contribution in [1.82, 2.24) is 0 Å². The maximum Gasteiger partial charge on any atom is 0.387 e. The lowest BCUT2D eigenvalue weighted by Gasteiger charge is -2.11. The largest absolute Gasteiger partial charge is 0.508 e. The molecule has 0 fully saturated rings. The van der Waals surface area contributed by atoms with Gasteiger partial charge < -0.3 is 15.2 Å². The fourth-order valence-corrected chi connectivity index (χ4v) is 1.65. The molecule has 110 valence electrons. The van der Waals surface area contributed by atoms with E-state index in [2.05, 4.69) is 10.1 Å². The van der Waals surface area contributed by atoms with E-state index in [0.717, 1.165) is 12.1 Å². The first-order valence-electron chi connectivity index (χ1n) is 5.81. The summed E-state index contributed by atoms with van der Waals surface area (Å²) >= 11 is 0. The number of hydrogen-bond donors (Lipinski definition) is 2. The highest BCUT2D eigenvalue weighted by Crippen LogP contribution is 2.24. The predicted octanol–water partition coefficient (Wildman–Crippen LogP) is 3.39. The number of amides is 1. The molecule has 0 unspecified atom stereocenters. The first-order valence-corrected chi connectivity index (χ1v) is 5.81. The summed E-state index contributed by atoms with van der Waals surface area (Å²) in [7, 11) is 0. The van der Waals surface area contributed by atoms with Crippen LogP contribution in [0.1, 0.15) is 10.4 Å². The quantitative estimate of drug-likeness (QED) is 0.850. The van der Waals surface area contributed by atoms with Crippen molar-refractivity contribution in [3.63, 3.8) is 0 Å². The van der Waals surface area contributed by atoms with Gasteiger partial charge in [-0.3, -0.25) is 4.79 Å². The van der Waals surface area contributed by atoms with Crippen LogP contribution >= 0.6 is 0 Å². The van der Waals surface area contributed by atoms with Gasteiger partial charge in [0.2, 0.25) is 0 Å². The van der Waals surface area contributed by atoms with Crippen molar-refractivity contribution in [3.05, 3.63) is 53.8 Å². The number of carbonyl (C=O) groups is 1. The zero-order chi connectivity index (χ0) is 15.4. The molecular formula is C14H10F3NO3. The Morgan fingerprint density at radius 2 is 1.90 bits per heavy atom. The lowest BCUT2D eigenvalue weighted by Crippen LogP contribution is -2.15. The number of nitrogens with one attached hydrogen (secondary N) is 1. The Bertz CT molecular complexity index is 662. The number of rotatable bonds is 4. The number of carbonyl (C=O) groups excluding carboxylic acids is 1. The fourth-order valence-electron chi connectivity index (χ4n) is 1.65. The van der Waals surface area contributed by atoms with Gasteiger partial charge in [-0.25, -0.2) is 4.39 Å². The third-order valence-electron chi connectivity index (χ3n) is 2.55. The molecule has 0 aliphatic carbocycles. The average Bonchev–Trinajstić information content (AvgIpc) is 2.42. The zero-order valence-corrected chi connectivity index (χ0v) is 10.5. The molecule has 21 heavy (non-hydrogen) atoms. The summed E-state index contributed by atoms with van der Waals surface area (Å²) in [6.07, 6.45) is 0. The summed E-state index contributed by atoms with van der Waals surface area (Å²) < 4.78 is 42.3. The Morgan fingerprint density at radius 3 is 2.57 bits per heavy atom. The molecule has 4 nitrogen and oxygen atoms in total. The number of para-hydroxylation sites is 1. The molecule has 0 saturated heterocycles. The number of phenols is 1. The molecule has 0 bridgehead atoms. The number of phenolic OH excluding ortho intramolecular Hbond substituents is 1. The first-order chi connectivity index (χ1) is 9.97. The van der Waals surface area contributed by atoms with Crippen molar-refractivity contribution < 1.29 is 27.8 Å². The molecule has 0 aliphatic heterocycles. The Hall–Kier alpha value is -2.70. The number of alkyl halides is 2. The van der Waals surface area contributed by atoms with E-state index in [-0.39, 0.29) is 22.7 Å². The summed E-state index contributed by atoms with van der Waals surface area (Å²) in [6.45, 7) is -3.08. The maximum absolute atomic E-state index is 13.5. The van der Waals surface area contributed by atoms with E-state index in [9.17, 15) is 18.0 Å². The van der Waals surface area contributed by atoms with Crippen molar-refractivity contribution in [2.45, 2.75) is 6.61 Å². The minimum Gasteiger partial charge on any atom is -0.508 e. The van der Waals surface area contributed by atoms with Crippen molar-refractivity contribution >= 4 is 11.6 Å². The Balaban J connectivity index is 2.24. The topological polar surface area (TPSA) is 58.6 Å². The van der Waals surface area contributed by atoms with Crippen molar-refractivity contribution in [1.29, 1.82) is 0 Å². The molecule has 0 radical (unpaired) electrons. The molecule has 0 atom stereocenters. The van der Waals surface area contributed by atoms with Crippen LogP contribution in [-0.4, -0.2) is 17.6 Å². The number of halogens is 3. The number of benzene rings is 2. The second-order valence-corrected chi connectivity index (χ2v) is 3.99. The highest BCUT2D eigenvalue weighted by atomic mass is 19.3. The van der Waals surface area contributed by atoms with Gasteiger partial charge in [-0.15, -0.1) is 0 Å². The lowest BCUT2D eigenvalue weighted by molar-refractivity contribution is -0.0501. The Morgan fingerprint density at radius 1 is 1.19 bits per heavy atom. The molecule has 7 heteroatoms. The fraction of sp³-hybridized carbons (Fsp3) is 0.0714. The van der Waals surface area contributed by atoms with Crippen LogP contribution in [0.4, 0.5) is 18.9 Å². The number of anilines is 1. The van der Waals surface area contributed by atoms with Crippen LogP contribution in [0.3, 0.4) is 0 Å². The van der Waals surface area contributed by atoms with Crippen LogP contribution in [-0.2, 0) is 0 Å². The van der Waals surface area contributed by atoms with Gasteiger partial charge in [0.25, 0.3) is 5.91 Å². The van der Waals surface area contributed by atoms with Gasteiger partial charge >= 0.3 is 6.61 Å². The molecule has 2 aromatic rings. The SMILES string of the molecule is O=C(Nc1ccc(O)cc1F)c1ccccc1OC(F)F. The normalized spacial score (nSPS) is 10.5. The lowest BCUT2D eigenvalue weighted by atomic mass is 10.2.